The lowest BCUT2D eigenvalue weighted by Gasteiger charge is -2.48. The fourth-order valence-corrected chi connectivity index (χ4v) is 4.83. The molecule has 0 heterocycles. The lowest BCUT2D eigenvalue weighted by molar-refractivity contribution is 0.123. The van der Waals surface area contributed by atoms with Crippen molar-refractivity contribution in [2.24, 2.45) is 11.8 Å². The SMILES string of the molecule is CC1CCCCC1(c1ccccc1)C1CCCC1. The van der Waals surface area contributed by atoms with Crippen LogP contribution in [0.2, 0.25) is 0 Å². The van der Waals surface area contributed by atoms with E-state index in [1.165, 1.54) is 51.4 Å². The van der Waals surface area contributed by atoms with Crippen molar-refractivity contribution in [2.45, 2.75) is 63.7 Å². The zero-order chi connectivity index (χ0) is 12.4. The average molecular weight is 242 g/mol. The summed E-state index contributed by atoms with van der Waals surface area (Å²) in [6, 6.07) is 11.5. The second-order valence-electron chi connectivity index (χ2n) is 6.53. The lowest BCUT2D eigenvalue weighted by atomic mass is 9.56. The molecule has 0 amide bonds. The van der Waals surface area contributed by atoms with Crippen molar-refractivity contribution < 1.29 is 0 Å². The van der Waals surface area contributed by atoms with Crippen molar-refractivity contribution >= 4 is 0 Å². The molecule has 0 bridgehead atoms. The highest BCUT2D eigenvalue weighted by atomic mass is 14.5. The summed E-state index contributed by atoms with van der Waals surface area (Å²) >= 11 is 0. The summed E-state index contributed by atoms with van der Waals surface area (Å²) < 4.78 is 0. The maximum absolute atomic E-state index is 2.52. The standard InChI is InChI=1S/C18H26/c1-15-9-7-8-14-18(15,17-12-5-6-13-17)16-10-3-2-4-11-16/h2-4,10-11,15,17H,5-9,12-14H2,1H3. The quantitative estimate of drug-likeness (QED) is 0.658. The molecule has 98 valence electrons. The van der Waals surface area contributed by atoms with Gasteiger partial charge in [0.25, 0.3) is 0 Å². The van der Waals surface area contributed by atoms with E-state index in [0.717, 1.165) is 11.8 Å². The Bertz CT molecular complexity index is 374. The molecule has 0 heteroatoms. The summed E-state index contributed by atoms with van der Waals surface area (Å²) in [4.78, 5) is 0. The van der Waals surface area contributed by atoms with Crippen LogP contribution in [0.15, 0.2) is 30.3 Å². The van der Waals surface area contributed by atoms with Crippen LogP contribution in [0.4, 0.5) is 0 Å². The molecule has 3 rings (SSSR count). The van der Waals surface area contributed by atoms with E-state index in [1.54, 1.807) is 5.56 Å². The van der Waals surface area contributed by atoms with Gasteiger partial charge in [0.1, 0.15) is 0 Å². The van der Waals surface area contributed by atoms with Gasteiger partial charge >= 0.3 is 0 Å². The van der Waals surface area contributed by atoms with Gasteiger partial charge in [-0.2, -0.15) is 0 Å². The fourth-order valence-electron chi connectivity index (χ4n) is 4.83. The van der Waals surface area contributed by atoms with Crippen LogP contribution in [-0.2, 0) is 5.41 Å². The Kier molecular flexibility index (Phi) is 3.46. The molecule has 2 atom stereocenters. The molecule has 2 fully saturated rings. The third-order valence-electron chi connectivity index (χ3n) is 5.75. The molecule has 0 nitrogen and oxygen atoms in total. The van der Waals surface area contributed by atoms with Crippen molar-refractivity contribution in [3.05, 3.63) is 35.9 Å². The highest BCUT2D eigenvalue weighted by molar-refractivity contribution is 5.28. The Balaban J connectivity index is 2.01. The summed E-state index contributed by atoms with van der Waals surface area (Å²) in [5.74, 6) is 1.83. The number of hydrogen-bond acceptors (Lipinski definition) is 0. The van der Waals surface area contributed by atoms with Crippen LogP contribution in [0.1, 0.15) is 63.9 Å². The van der Waals surface area contributed by atoms with Gasteiger partial charge in [-0.05, 0) is 43.1 Å². The Morgan fingerprint density at radius 2 is 1.56 bits per heavy atom. The molecule has 2 unspecified atom stereocenters. The first kappa shape index (κ1) is 12.3. The van der Waals surface area contributed by atoms with Gasteiger partial charge in [-0.15, -0.1) is 0 Å². The molecule has 0 aromatic heterocycles. The van der Waals surface area contributed by atoms with Crippen molar-refractivity contribution in [3.63, 3.8) is 0 Å². The Morgan fingerprint density at radius 3 is 2.22 bits per heavy atom. The summed E-state index contributed by atoms with van der Waals surface area (Å²) in [6.45, 7) is 2.52. The van der Waals surface area contributed by atoms with E-state index in [4.69, 9.17) is 0 Å². The van der Waals surface area contributed by atoms with Crippen LogP contribution >= 0.6 is 0 Å². The second-order valence-corrected chi connectivity index (χ2v) is 6.53. The van der Waals surface area contributed by atoms with Crippen LogP contribution < -0.4 is 0 Å². The molecule has 1 aromatic rings. The van der Waals surface area contributed by atoms with E-state index in [0.29, 0.717) is 5.41 Å². The molecular weight excluding hydrogens is 216 g/mol. The van der Waals surface area contributed by atoms with Gasteiger partial charge in [0.2, 0.25) is 0 Å². The maximum atomic E-state index is 2.52. The van der Waals surface area contributed by atoms with Crippen molar-refractivity contribution in [1.82, 2.24) is 0 Å². The van der Waals surface area contributed by atoms with Gasteiger partial charge < -0.3 is 0 Å². The smallest absolute Gasteiger partial charge is 0.000682 e. The Hall–Kier alpha value is -0.780. The predicted molar refractivity (Wildman–Crippen MR) is 77.7 cm³/mol. The summed E-state index contributed by atoms with van der Waals surface area (Å²) in [7, 11) is 0. The van der Waals surface area contributed by atoms with Crippen LogP contribution in [0, 0.1) is 11.8 Å². The lowest BCUT2D eigenvalue weighted by Crippen LogP contribution is -2.42. The average Bonchev–Trinajstić information content (AvgIpc) is 2.95. The summed E-state index contributed by atoms with van der Waals surface area (Å²) in [5, 5.41) is 0. The zero-order valence-electron chi connectivity index (χ0n) is 11.7. The van der Waals surface area contributed by atoms with Crippen LogP contribution in [0.3, 0.4) is 0 Å². The third kappa shape index (κ3) is 1.90. The Morgan fingerprint density at radius 1 is 0.889 bits per heavy atom. The predicted octanol–water partition coefficient (Wildman–Crippen LogP) is 5.32. The van der Waals surface area contributed by atoms with Gasteiger partial charge in [-0.25, -0.2) is 0 Å². The topological polar surface area (TPSA) is 0 Å². The highest BCUT2D eigenvalue weighted by Crippen LogP contribution is 2.53. The molecule has 0 spiro atoms. The van der Waals surface area contributed by atoms with Crippen molar-refractivity contribution in [1.29, 1.82) is 0 Å². The Labute approximate surface area is 112 Å². The normalized spacial score (nSPS) is 33.7. The molecule has 0 N–H and O–H groups in total. The van der Waals surface area contributed by atoms with Gasteiger partial charge in [0.15, 0.2) is 0 Å². The largest absolute Gasteiger partial charge is 0.0622 e. The number of hydrogen-bond donors (Lipinski definition) is 0. The molecular formula is C18H26. The van der Waals surface area contributed by atoms with Gasteiger partial charge in [-0.3, -0.25) is 0 Å². The third-order valence-corrected chi connectivity index (χ3v) is 5.75. The van der Waals surface area contributed by atoms with E-state index >= 15 is 0 Å². The first-order chi connectivity index (χ1) is 8.84. The van der Waals surface area contributed by atoms with Crippen molar-refractivity contribution in [2.75, 3.05) is 0 Å². The first-order valence-corrected chi connectivity index (χ1v) is 7.89. The fraction of sp³-hybridized carbons (Fsp3) is 0.667. The molecule has 18 heavy (non-hydrogen) atoms. The maximum Gasteiger partial charge on any atom is 0.000682 e. The zero-order valence-corrected chi connectivity index (χ0v) is 11.7. The molecule has 0 radical (unpaired) electrons. The number of rotatable bonds is 2. The monoisotopic (exact) mass is 242 g/mol. The van der Waals surface area contributed by atoms with Gasteiger partial charge in [0, 0.05) is 5.41 Å². The van der Waals surface area contributed by atoms with E-state index < -0.39 is 0 Å². The van der Waals surface area contributed by atoms with Crippen LogP contribution in [0.5, 0.6) is 0 Å². The van der Waals surface area contributed by atoms with Crippen molar-refractivity contribution in [3.8, 4) is 0 Å². The van der Waals surface area contributed by atoms with E-state index in [2.05, 4.69) is 37.3 Å². The molecule has 2 aliphatic carbocycles. The summed E-state index contributed by atoms with van der Waals surface area (Å²) in [5.41, 5.74) is 2.15. The molecule has 2 aliphatic rings. The second kappa shape index (κ2) is 5.07. The van der Waals surface area contributed by atoms with Gasteiger partial charge in [0.05, 0.1) is 0 Å². The van der Waals surface area contributed by atoms with E-state index in [-0.39, 0.29) is 0 Å². The van der Waals surface area contributed by atoms with E-state index in [1.807, 2.05) is 0 Å². The molecule has 0 aliphatic heterocycles. The minimum Gasteiger partial charge on any atom is -0.0622 e. The summed E-state index contributed by atoms with van der Waals surface area (Å²) in [6.07, 6.45) is 11.6. The first-order valence-electron chi connectivity index (χ1n) is 7.89. The molecule has 1 aromatic carbocycles. The minimum absolute atomic E-state index is 0.510. The minimum atomic E-state index is 0.510. The molecule has 0 saturated heterocycles. The van der Waals surface area contributed by atoms with Gasteiger partial charge in [-0.1, -0.05) is 62.9 Å². The van der Waals surface area contributed by atoms with E-state index in [9.17, 15) is 0 Å². The van der Waals surface area contributed by atoms with Crippen LogP contribution in [-0.4, -0.2) is 0 Å². The number of benzene rings is 1. The van der Waals surface area contributed by atoms with Crippen LogP contribution in [0.25, 0.3) is 0 Å². The highest BCUT2D eigenvalue weighted by Gasteiger charge is 2.46. The molecule has 2 saturated carbocycles.